The average molecular weight is 438 g/mol. The molecule has 2 fully saturated rings. The van der Waals surface area contributed by atoms with Crippen molar-refractivity contribution in [1.82, 2.24) is 4.90 Å². The largest absolute Gasteiger partial charge is 0.372 e. The molecule has 2 aliphatic rings. The van der Waals surface area contributed by atoms with Crippen LogP contribution in [0.25, 0.3) is 0 Å². The fourth-order valence-electron chi connectivity index (χ4n) is 4.53. The van der Waals surface area contributed by atoms with Crippen molar-refractivity contribution in [2.45, 2.75) is 44.5 Å². The molecule has 2 aromatic rings. The molecule has 0 aromatic heterocycles. The highest BCUT2D eigenvalue weighted by atomic mass is 16.6. The van der Waals surface area contributed by atoms with E-state index in [1.54, 1.807) is 24.3 Å². The molecule has 0 aliphatic carbocycles. The Bertz CT molecular complexity index is 911. The van der Waals surface area contributed by atoms with E-state index in [1.165, 1.54) is 6.92 Å². The highest BCUT2D eigenvalue weighted by molar-refractivity contribution is 5.93. The van der Waals surface area contributed by atoms with Gasteiger partial charge in [0.25, 0.3) is 0 Å². The number of piperidine rings is 1. The van der Waals surface area contributed by atoms with Gasteiger partial charge in [0.05, 0.1) is 24.9 Å². The lowest BCUT2D eigenvalue weighted by Crippen LogP contribution is -2.57. The third-order valence-electron chi connectivity index (χ3n) is 6.15. The van der Waals surface area contributed by atoms with Gasteiger partial charge in [-0.05, 0) is 49.1 Å². The van der Waals surface area contributed by atoms with Crippen LogP contribution in [0.3, 0.4) is 0 Å². The molecule has 170 valence electrons. The Morgan fingerprint density at radius 3 is 2.44 bits per heavy atom. The van der Waals surface area contributed by atoms with E-state index in [-0.39, 0.29) is 23.5 Å². The Morgan fingerprint density at radius 2 is 1.78 bits per heavy atom. The molecule has 2 heterocycles. The maximum Gasteiger partial charge on any atom is 0.238 e. The van der Waals surface area contributed by atoms with Crippen molar-refractivity contribution >= 4 is 23.2 Å². The van der Waals surface area contributed by atoms with E-state index in [0.717, 1.165) is 38.0 Å². The van der Waals surface area contributed by atoms with Crippen molar-refractivity contribution in [2.75, 3.05) is 36.9 Å². The fraction of sp³-hybridized carbons (Fsp3) is 0.440. The monoisotopic (exact) mass is 437 g/mol. The minimum absolute atomic E-state index is 0.0660. The van der Waals surface area contributed by atoms with Gasteiger partial charge in [-0.2, -0.15) is 0 Å². The molecule has 0 bridgehead atoms. The van der Waals surface area contributed by atoms with E-state index in [1.807, 2.05) is 18.2 Å². The van der Waals surface area contributed by atoms with Crippen LogP contribution in [0.2, 0.25) is 0 Å². The third kappa shape index (κ3) is 5.73. The van der Waals surface area contributed by atoms with Gasteiger partial charge in [0.1, 0.15) is 0 Å². The van der Waals surface area contributed by atoms with Crippen molar-refractivity contribution < 1.29 is 19.1 Å². The average Bonchev–Trinajstić information content (AvgIpc) is 3.25. The summed E-state index contributed by atoms with van der Waals surface area (Å²) in [7, 11) is 0. The SMILES string of the molecule is CC(=O)Nc1ccc(NC(=O)CN2CC[C@@]3(CCCO3)[C@@H](OCc3ccccc3)C2)cc1. The zero-order valence-corrected chi connectivity index (χ0v) is 18.5. The Balaban J connectivity index is 1.33. The molecule has 2 aromatic carbocycles. The van der Waals surface area contributed by atoms with Crippen molar-refractivity contribution in [3.63, 3.8) is 0 Å². The molecule has 0 unspecified atom stereocenters. The Kier molecular flexibility index (Phi) is 7.19. The van der Waals surface area contributed by atoms with E-state index >= 15 is 0 Å². The normalized spacial score (nSPS) is 23.2. The second kappa shape index (κ2) is 10.3. The molecule has 7 nitrogen and oxygen atoms in total. The maximum atomic E-state index is 12.6. The molecule has 32 heavy (non-hydrogen) atoms. The summed E-state index contributed by atoms with van der Waals surface area (Å²) in [5.41, 5.74) is 2.31. The summed E-state index contributed by atoms with van der Waals surface area (Å²) in [4.78, 5) is 25.9. The predicted octanol–water partition coefficient (Wildman–Crippen LogP) is 3.42. The summed E-state index contributed by atoms with van der Waals surface area (Å²) in [6, 6.07) is 17.3. The van der Waals surface area contributed by atoms with E-state index < -0.39 is 0 Å². The van der Waals surface area contributed by atoms with Gasteiger partial charge in [-0.1, -0.05) is 30.3 Å². The number of nitrogens with zero attached hydrogens (tertiary/aromatic N) is 1. The smallest absolute Gasteiger partial charge is 0.238 e. The summed E-state index contributed by atoms with van der Waals surface area (Å²) >= 11 is 0. The quantitative estimate of drug-likeness (QED) is 0.694. The predicted molar refractivity (Wildman–Crippen MR) is 123 cm³/mol. The molecular weight excluding hydrogens is 406 g/mol. The van der Waals surface area contributed by atoms with Crippen LogP contribution in [-0.2, 0) is 25.7 Å². The molecule has 2 amide bonds. The Labute approximate surface area is 189 Å². The van der Waals surface area contributed by atoms with Crippen LogP contribution in [0.1, 0.15) is 31.7 Å². The van der Waals surface area contributed by atoms with Crippen LogP contribution < -0.4 is 10.6 Å². The van der Waals surface area contributed by atoms with E-state index in [2.05, 4.69) is 27.7 Å². The highest BCUT2D eigenvalue weighted by Crippen LogP contribution is 2.38. The van der Waals surface area contributed by atoms with Crippen molar-refractivity contribution in [3.8, 4) is 0 Å². The molecule has 1 spiro atoms. The lowest BCUT2D eigenvalue weighted by atomic mass is 9.85. The van der Waals surface area contributed by atoms with Crippen LogP contribution in [0.15, 0.2) is 54.6 Å². The molecule has 7 heteroatoms. The van der Waals surface area contributed by atoms with Gasteiger partial charge in [0.15, 0.2) is 0 Å². The van der Waals surface area contributed by atoms with Crippen LogP contribution in [-0.4, -0.2) is 54.7 Å². The van der Waals surface area contributed by atoms with Crippen molar-refractivity contribution in [2.24, 2.45) is 0 Å². The fourth-order valence-corrected chi connectivity index (χ4v) is 4.53. The Hall–Kier alpha value is -2.74. The van der Waals surface area contributed by atoms with E-state index in [9.17, 15) is 9.59 Å². The molecule has 2 saturated heterocycles. The summed E-state index contributed by atoms with van der Waals surface area (Å²) < 4.78 is 12.5. The first-order valence-electron chi connectivity index (χ1n) is 11.2. The van der Waals surface area contributed by atoms with Crippen LogP contribution in [0.5, 0.6) is 0 Å². The lowest BCUT2D eigenvalue weighted by Gasteiger charge is -2.44. The number of hydrogen-bond donors (Lipinski definition) is 2. The van der Waals surface area contributed by atoms with Gasteiger partial charge in [-0.15, -0.1) is 0 Å². The molecule has 2 atom stereocenters. The summed E-state index contributed by atoms with van der Waals surface area (Å²) in [5, 5.41) is 5.66. The van der Waals surface area contributed by atoms with Gasteiger partial charge in [0, 0.05) is 38.0 Å². The number of carbonyl (C=O) groups excluding carboxylic acids is 2. The minimum Gasteiger partial charge on any atom is -0.372 e. The summed E-state index contributed by atoms with van der Waals surface area (Å²) in [6.45, 7) is 4.56. The first-order valence-corrected chi connectivity index (χ1v) is 11.2. The second-order valence-electron chi connectivity index (χ2n) is 8.59. The van der Waals surface area contributed by atoms with Crippen molar-refractivity contribution in [1.29, 1.82) is 0 Å². The maximum absolute atomic E-state index is 12.6. The number of nitrogens with one attached hydrogen (secondary N) is 2. The third-order valence-corrected chi connectivity index (χ3v) is 6.15. The van der Waals surface area contributed by atoms with Gasteiger partial charge in [-0.25, -0.2) is 0 Å². The van der Waals surface area contributed by atoms with Gasteiger partial charge >= 0.3 is 0 Å². The van der Waals surface area contributed by atoms with Crippen molar-refractivity contribution in [3.05, 3.63) is 60.2 Å². The highest BCUT2D eigenvalue weighted by Gasteiger charge is 2.47. The second-order valence-corrected chi connectivity index (χ2v) is 8.59. The number of anilines is 2. The number of ether oxygens (including phenoxy) is 2. The zero-order chi connectivity index (χ0) is 22.4. The van der Waals surface area contributed by atoms with Gasteiger partial charge in [-0.3, -0.25) is 14.5 Å². The standard InChI is InChI=1S/C25H31N3O4/c1-19(29)26-21-8-10-22(11-9-21)27-24(30)17-28-14-13-25(12-5-15-32-25)23(16-28)31-18-20-6-3-2-4-7-20/h2-4,6-11,23H,5,12-18H2,1H3,(H,26,29)(H,27,30)/t23-,25-/m0/s1. The topological polar surface area (TPSA) is 79.9 Å². The molecule has 0 radical (unpaired) electrons. The first-order chi connectivity index (χ1) is 15.5. The Morgan fingerprint density at radius 1 is 1.06 bits per heavy atom. The number of amides is 2. The zero-order valence-electron chi connectivity index (χ0n) is 18.5. The van der Waals surface area contributed by atoms with Gasteiger partial charge < -0.3 is 20.1 Å². The molecule has 2 aliphatic heterocycles. The van der Waals surface area contributed by atoms with Gasteiger partial charge in [0.2, 0.25) is 11.8 Å². The van der Waals surface area contributed by atoms with Crippen LogP contribution in [0, 0.1) is 0 Å². The number of hydrogen-bond acceptors (Lipinski definition) is 5. The number of benzene rings is 2. The molecule has 0 saturated carbocycles. The molecule has 4 rings (SSSR count). The van der Waals surface area contributed by atoms with Crippen LogP contribution >= 0.6 is 0 Å². The van der Waals surface area contributed by atoms with E-state index in [0.29, 0.717) is 31.1 Å². The minimum atomic E-state index is -0.235. The number of rotatable bonds is 7. The number of likely N-dealkylation sites (tertiary alicyclic amines) is 1. The first kappa shape index (κ1) is 22.5. The lowest BCUT2D eigenvalue weighted by molar-refractivity contribution is -0.159. The summed E-state index contributed by atoms with van der Waals surface area (Å²) in [5.74, 6) is -0.192. The molecular formula is C25H31N3O4. The van der Waals surface area contributed by atoms with Crippen LogP contribution in [0.4, 0.5) is 11.4 Å². The number of carbonyl (C=O) groups is 2. The summed E-state index contributed by atoms with van der Waals surface area (Å²) in [6.07, 6.45) is 2.86. The van der Waals surface area contributed by atoms with E-state index in [4.69, 9.17) is 9.47 Å². The molecule has 2 N–H and O–H groups in total.